The molecule has 0 radical (unpaired) electrons. The Morgan fingerprint density at radius 1 is 0.378 bits per heavy atom. The van der Waals surface area contributed by atoms with Crippen LogP contribution < -0.4 is 0 Å². The number of rotatable bonds is 18. The summed E-state index contributed by atoms with van der Waals surface area (Å²) in [5.74, 6) is -8.46. The molecule has 18 heteroatoms. The number of esters is 8. The fourth-order valence-electron chi connectivity index (χ4n) is 2.55. The van der Waals surface area contributed by atoms with Gasteiger partial charge in [0.1, 0.15) is 12.2 Å². The molecule has 0 heterocycles. The Kier molecular flexibility index (Phi) is 17.9. The number of ether oxygens (including phenoxy) is 8. The second-order valence-electron chi connectivity index (χ2n) is 9.52. The third-order valence-corrected chi connectivity index (χ3v) is 5.21. The Hall–Kier alpha value is -4.32. The van der Waals surface area contributed by atoms with Gasteiger partial charge in [-0.05, 0) is 55.4 Å². The summed E-state index contributed by atoms with van der Waals surface area (Å²) in [6.07, 6.45) is -11.6. The Bertz CT molecular complexity index is 984. The van der Waals surface area contributed by atoms with Gasteiger partial charge in [0.25, 0.3) is 0 Å². The largest absolute Gasteiger partial charge is 0.463 e. The van der Waals surface area contributed by atoms with Gasteiger partial charge in [0.15, 0.2) is 36.6 Å². The minimum atomic E-state index is -1.48. The lowest BCUT2D eigenvalue weighted by atomic mass is 10.3. The highest BCUT2D eigenvalue weighted by Crippen LogP contribution is 2.08. The Balaban J connectivity index is 4.42. The average Bonchev–Trinajstić information content (AvgIpc) is 2.95. The van der Waals surface area contributed by atoms with E-state index in [-0.39, 0.29) is 19.6 Å². The quantitative estimate of drug-likeness (QED) is 0.100. The fourth-order valence-corrected chi connectivity index (χ4v) is 2.55. The van der Waals surface area contributed by atoms with Crippen LogP contribution in [0.15, 0.2) is 0 Å². The molecule has 0 saturated heterocycles. The van der Waals surface area contributed by atoms with Crippen LogP contribution in [0.2, 0.25) is 0 Å². The van der Waals surface area contributed by atoms with Crippen molar-refractivity contribution in [3.8, 4) is 0 Å². The highest BCUT2D eigenvalue weighted by Gasteiger charge is 2.30. The van der Waals surface area contributed by atoms with E-state index < -0.39 is 96.6 Å². The molecule has 0 aromatic rings. The summed E-state index contributed by atoms with van der Waals surface area (Å²) in [5.41, 5.74) is 0. The van der Waals surface area contributed by atoms with Crippen LogP contribution in [0, 0.1) is 0 Å². The molecule has 0 fully saturated rings. The van der Waals surface area contributed by atoms with Gasteiger partial charge in [0.2, 0.25) is 0 Å². The summed E-state index contributed by atoms with van der Waals surface area (Å²) in [5, 5.41) is 18.2. The number of aliphatic hydroxyl groups excluding tert-OH is 2. The van der Waals surface area contributed by atoms with E-state index in [1.165, 1.54) is 13.8 Å². The van der Waals surface area contributed by atoms with Gasteiger partial charge < -0.3 is 48.1 Å². The molecular formula is C27H40O18. The summed E-state index contributed by atoms with van der Waals surface area (Å²) in [4.78, 5) is 95.0. The van der Waals surface area contributed by atoms with Crippen molar-refractivity contribution in [3.05, 3.63) is 0 Å². The molecule has 45 heavy (non-hydrogen) atoms. The summed E-state index contributed by atoms with van der Waals surface area (Å²) in [6.45, 7) is 8.77. The lowest BCUT2D eigenvalue weighted by Gasteiger charge is -2.19. The van der Waals surface area contributed by atoms with Crippen molar-refractivity contribution in [1.29, 1.82) is 0 Å². The van der Waals surface area contributed by atoms with Crippen molar-refractivity contribution in [2.24, 2.45) is 0 Å². The number of hydrogen-bond acceptors (Lipinski definition) is 18. The molecule has 0 aromatic heterocycles. The van der Waals surface area contributed by atoms with E-state index in [9.17, 15) is 38.4 Å². The van der Waals surface area contributed by atoms with Gasteiger partial charge in [-0.1, -0.05) is 0 Å². The molecule has 256 valence electrons. The molecule has 0 spiro atoms. The normalized spacial score (nSPS) is 16.0. The molecule has 0 aliphatic rings. The summed E-state index contributed by atoms with van der Waals surface area (Å²) < 4.78 is 38.6. The van der Waals surface area contributed by atoms with E-state index >= 15 is 0 Å². The van der Waals surface area contributed by atoms with Gasteiger partial charge in [-0.15, -0.1) is 0 Å². The summed E-state index contributed by atoms with van der Waals surface area (Å²) >= 11 is 0. The topological polar surface area (TPSA) is 251 Å². The van der Waals surface area contributed by atoms with Gasteiger partial charge >= 0.3 is 47.8 Å². The van der Waals surface area contributed by atoms with E-state index in [0.717, 1.165) is 41.5 Å². The molecule has 8 atom stereocenters. The molecule has 0 aromatic carbocycles. The minimum Gasteiger partial charge on any atom is -0.463 e. The Morgan fingerprint density at radius 2 is 0.578 bits per heavy atom. The van der Waals surface area contributed by atoms with E-state index in [0.29, 0.717) is 0 Å². The second kappa shape index (κ2) is 19.9. The number of aliphatic hydroxyl groups is 2. The fraction of sp³-hybridized carbons (Fsp3) is 0.704. The smallest absolute Gasteiger partial charge is 0.347 e. The van der Waals surface area contributed by atoms with E-state index in [1.807, 2.05) is 0 Å². The lowest BCUT2D eigenvalue weighted by Crippen LogP contribution is -2.37. The molecule has 0 saturated carbocycles. The van der Waals surface area contributed by atoms with Gasteiger partial charge in [-0.2, -0.15) is 0 Å². The Labute approximate surface area is 258 Å². The van der Waals surface area contributed by atoms with Gasteiger partial charge in [0, 0.05) is 6.42 Å². The summed E-state index contributed by atoms with van der Waals surface area (Å²) in [7, 11) is 0. The van der Waals surface area contributed by atoms with Crippen LogP contribution in [0.4, 0.5) is 0 Å². The van der Waals surface area contributed by atoms with Crippen molar-refractivity contribution in [3.63, 3.8) is 0 Å². The first-order valence-corrected chi connectivity index (χ1v) is 13.7. The highest BCUT2D eigenvalue weighted by atomic mass is 16.6. The van der Waals surface area contributed by atoms with E-state index in [1.54, 1.807) is 0 Å². The van der Waals surface area contributed by atoms with Crippen LogP contribution in [-0.4, -0.2) is 120 Å². The van der Waals surface area contributed by atoms with Gasteiger partial charge in [0.05, 0.1) is 13.2 Å². The average molecular weight is 653 g/mol. The molecular weight excluding hydrogens is 612 g/mol. The van der Waals surface area contributed by atoms with Crippen LogP contribution in [0.25, 0.3) is 0 Å². The first-order chi connectivity index (χ1) is 20.8. The van der Waals surface area contributed by atoms with Crippen molar-refractivity contribution < 1.29 is 86.5 Å². The Morgan fingerprint density at radius 3 is 0.800 bits per heavy atom. The third kappa shape index (κ3) is 15.8. The maximum absolute atomic E-state index is 12.1. The standard InChI is InChI=1S/C27H40O18/c1-12(28)20(30)40-16(5)24(34)44-18(7)26(36)42-14(3)22(32)38-10-9-11-39-23(33)15(4)43-27(37)19(8)45-25(35)17(6)41-21(31)13(2)29/h12-19,28-29H,9-11H2,1-8H3. The van der Waals surface area contributed by atoms with Crippen molar-refractivity contribution >= 4 is 47.8 Å². The zero-order valence-corrected chi connectivity index (χ0v) is 26.2. The zero-order chi connectivity index (χ0) is 35.0. The van der Waals surface area contributed by atoms with Crippen LogP contribution in [0.1, 0.15) is 61.8 Å². The van der Waals surface area contributed by atoms with Crippen molar-refractivity contribution in [2.75, 3.05) is 13.2 Å². The minimum absolute atomic E-state index is 0.00692. The maximum Gasteiger partial charge on any atom is 0.347 e. The molecule has 0 aliphatic heterocycles. The molecule has 18 nitrogen and oxygen atoms in total. The molecule has 0 rings (SSSR count). The van der Waals surface area contributed by atoms with Crippen molar-refractivity contribution in [1.82, 2.24) is 0 Å². The molecule has 0 amide bonds. The number of hydrogen-bond donors (Lipinski definition) is 2. The van der Waals surface area contributed by atoms with Crippen LogP contribution in [0.3, 0.4) is 0 Å². The van der Waals surface area contributed by atoms with Crippen LogP contribution in [-0.2, 0) is 76.3 Å². The lowest BCUT2D eigenvalue weighted by molar-refractivity contribution is -0.184. The third-order valence-electron chi connectivity index (χ3n) is 5.21. The molecule has 2 N–H and O–H groups in total. The first kappa shape index (κ1) is 40.7. The maximum atomic E-state index is 12.1. The first-order valence-electron chi connectivity index (χ1n) is 13.7. The molecule has 0 bridgehead atoms. The zero-order valence-electron chi connectivity index (χ0n) is 26.2. The molecule has 8 unspecified atom stereocenters. The number of carbonyl (C=O) groups excluding carboxylic acids is 8. The van der Waals surface area contributed by atoms with Crippen LogP contribution in [0.5, 0.6) is 0 Å². The predicted octanol–water partition coefficient (Wildman–Crippen LogP) is -1.19. The monoisotopic (exact) mass is 652 g/mol. The molecule has 0 aliphatic carbocycles. The number of carbonyl (C=O) groups is 8. The summed E-state index contributed by atoms with van der Waals surface area (Å²) in [6, 6.07) is 0. The van der Waals surface area contributed by atoms with Gasteiger partial charge in [-0.3, -0.25) is 0 Å². The highest BCUT2D eigenvalue weighted by molar-refractivity contribution is 5.86. The van der Waals surface area contributed by atoms with Gasteiger partial charge in [-0.25, -0.2) is 38.4 Å². The van der Waals surface area contributed by atoms with Crippen molar-refractivity contribution in [2.45, 2.75) is 111 Å². The second-order valence-corrected chi connectivity index (χ2v) is 9.52. The van der Waals surface area contributed by atoms with E-state index in [2.05, 4.69) is 9.47 Å². The predicted molar refractivity (Wildman–Crippen MR) is 143 cm³/mol. The SMILES string of the molecule is CC(O)C(=O)OC(C)C(=O)OC(C)C(=O)OC(C)C(=O)OCCCOC(=O)C(C)OC(=O)C(C)OC(=O)C(C)OC(=O)C(C)O. The van der Waals surface area contributed by atoms with E-state index in [4.69, 9.17) is 38.6 Å². The van der Waals surface area contributed by atoms with Crippen LogP contribution >= 0.6 is 0 Å².